The lowest BCUT2D eigenvalue weighted by atomic mass is 10.2. The van der Waals surface area contributed by atoms with Crippen LogP contribution in [-0.2, 0) is 6.54 Å². The van der Waals surface area contributed by atoms with Gasteiger partial charge in [0.1, 0.15) is 5.82 Å². The molecule has 1 aliphatic heterocycles. The number of pyridine rings is 1. The molecule has 164 valence electrons. The maximum absolute atomic E-state index is 4.78. The maximum atomic E-state index is 4.78. The van der Waals surface area contributed by atoms with Crippen molar-refractivity contribution in [1.82, 2.24) is 15.6 Å². The van der Waals surface area contributed by atoms with Gasteiger partial charge in [0.15, 0.2) is 5.96 Å². The molecule has 0 saturated carbocycles. The molecular weight excluding hydrogens is 487 g/mol. The fraction of sp³-hybridized carbons (Fsp3) is 0.478. The molecule has 2 heterocycles. The quantitative estimate of drug-likeness (QED) is 0.313. The average molecular weight is 522 g/mol. The lowest BCUT2D eigenvalue weighted by Crippen LogP contribution is -2.44. The Hall–Kier alpha value is -2.03. The highest BCUT2D eigenvalue weighted by atomic mass is 127. The third kappa shape index (κ3) is 6.75. The molecule has 0 aliphatic carbocycles. The Morgan fingerprint density at radius 1 is 1.13 bits per heavy atom. The average Bonchev–Trinajstić information content (AvgIpc) is 3.23. The summed E-state index contributed by atoms with van der Waals surface area (Å²) in [6.07, 6.45) is 3.05. The summed E-state index contributed by atoms with van der Waals surface area (Å²) in [4.78, 5) is 14.1. The Morgan fingerprint density at radius 3 is 2.53 bits per heavy atom. The highest BCUT2D eigenvalue weighted by Crippen LogP contribution is 2.19. The molecule has 7 heteroatoms. The van der Waals surface area contributed by atoms with Crippen molar-refractivity contribution in [3.63, 3.8) is 0 Å². The van der Waals surface area contributed by atoms with Crippen LogP contribution in [0.4, 0.5) is 11.5 Å². The second-order valence-corrected chi connectivity index (χ2v) is 7.30. The van der Waals surface area contributed by atoms with E-state index in [2.05, 4.69) is 88.7 Å². The van der Waals surface area contributed by atoms with E-state index < -0.39 is 0 Å². The van der Waals surface area contributed by atoms with Crippen LogP contribution in [0, 0.1) is 0 Å². The molecule has 1 saturated heterocycles. The molecule has 30 heavy (non-hydrogen) atoms. The molecule has 1 fully saturated rings. The zero-order valence-corrected chi connectivity index (χ0v) is 20.7. The Kier molecular flexibility index (Phi) is 10.2. The number of halogens is 1. The van der Waals surface area contributed by atoms with Gasteiger partial charge >= 0.3 is 0 Å². The molecule has 1 unspecified atom stereocenters. The first-order valence-electron chi connectivity index (χ1n) is 10.8. The summed E-state index contributed by atoms with van der Waals surface area (Å²) < 4.78 is 0. The van der Waals surface area contributed by atoms with Gasteiger partial charge in [0.2, 0.25) is 0 Å². The summed E-state index contributed by atoms with van der Waals surface area (Å²) in [5.41, 5.74) is 2.41. The summed E-state index contributed by atoms with van der Waals surface area (Å²) in [5.74, 6) is 1.90. The highest BCUT2D eigenvalue weighted by Gasteiger charge is 2.23. The van der Waals surface area contributed by atoms with Crippen LogP contribution in [-0.4, -0.2) is 49.7 Å². The van der Waals surface area contributed by atoms with Crippen LogP contribution in [0.2, 0.25) is 0 Å². The minimum absolute atomic E-state index is 0. The summed E-state index contributed by atoms with van der Waals surface area (Å²) in [7, 11) is 0. The van der Waals surface area contributed by atoms with Crippen LogP contribution in [0.15, 0.2) is 53.7 Å². The van der Waals surface area contributed by atoms with Crippen LogP contribution in [0.3, 0.4) is 0 Å². The second-order valence-electron chi connectivity index (χ2n) is 7.30. The van der Waals surface area contributed by atoms with Crippen LogP contribution in [0.5, 0.6) is 0 Å². The molecule has 6 nitrogen and oxygen atoms in total. The zero-order chi connectivity index (χ0) is 20.5. The van der Waals surface area contributed by atoms with Gasteiger partial charge in [-0.2, -0.15) is 0 Å². The standard InChI is InChI=1S/C23H34N6.HI/c1-4-24-23(26-17-19-12-13-22(25-16-19)28(5-2)6-3)27-20-14-15-29(18-20)21-10-8-7-9-11-21;/h7-13,16,20H,4-6,14-15,17-18H2,1-3H3,(H2,24,26,27);1H. The first kappa shape index (κ1) is 24.2. The SMILES string of the molecule is CCNC(=NCc1ccc(N(CC)CC)nc1)NC1CCN(c2ccccc2)C1.I. The van der Waals surface area contributed by atoms with E-state index in [9.17, 15) is 0 Å². The van der Waals surface area contributed by atoms with Gasteiger partial charge in [0.05, 0.1) is 6.54 Å². The number of hydrogen-bond acceptors (Lipinski definition) is 4. The predicted octanol–water partition coefficient (Wildman–Crippen LogP) is 3.88. The number of aromatic nitrogens is 1. The summed E-state index contributed by atoms with van der Waals surface area (Å²) in [6.45, 7) is 11.9. The highest BCUT2D eigenvalue weighted by molar-refractivity contribution is 14.0. The number of guanidine groups is 1. The predicted molar refractivity (Wildman–Crippen MR) is 138 cm³/mol. The van der Waals surface area contributed by atoms with Gasteiger partial charge in [0.25, 0.3) is 0 Å². The van der Waals surface area contributed by atoms with E-state index in [1.807, 2.05) is 6.20 Å². The van der Waals surface area contributed by atoms with Crippen LogP contribution < -0.4 is 20.4 Å². The summed E-state index contributed by atoms with van der Waals surface area (Å²) in [5, 5.41) is 6.98. The fourth-order valence-electron chi connectivity index (χ4n) is 3.68. The van der Waals surface area contributed by atoms with Crippen molar-refractivity contribution in [2.45, 2.75) is 39.8 Å². The molecule has 0 spiro atoms. The van der Waals surface area contributed by atoms with Crippen molar-refractivity contribution in [2.75, 3.05) is 42.5 Å². The van der Waals surface area contributed by atoms with Crippen LogP contribution in [0.1, 0.15) is 32.8 Å². The largest absolute Gasteiger partial charge is 0.369 e. The number of nitrogens with zero attached hydrogens (tertiary/aromatic N) is 4. The second kappa shape index (κ2) is 12.6. The van der Waals surface area contributed by atoms with E-state index in [4.69, 9.17) is 4.99 Å². The summed E-state index contributed by atoms with van der Waals surface area (Å²) >= 11 is 0. The Morgan fingerprint density at radius 2 is 1.90 bits per heavy atom. The molecule has 1 aromatic heterocycles. The first-order chi connectivity index (χ1) is 14.2. The van der Waals surface area contributed by atoms with Crippen molar-refractivity contribution in [2.24, 2.45) is 4.99 Å². The van der Waals surface area contributed by atoms with Crippen molar-refractivity contribution >= 4 is 41.4 Å². The topological polar surface area (TPSA) is 55.8 Å². The van der Waals surface area contributed by atoms with Gasteiger partial charge in [-0.25, -0.2) is 9.98 Å². The molecule has 1 aliphatic rings. The van der Waals surface area contributed by atoms with Crippen molar-refractivity contribution < 1.29 is 0 Å². The minimum atomic E-state index is 0. The number of hydrogen-bond donors (Lipinski definition) is 2. The third-order valence-electron chi connectivity index (χ3n) is 5.31. The van der Waals surface area contributed by atoms with E-state index >= 15 is 0 Å². The number of aliphatic imine (C=N–C) groups is 1. The van der Waals surface area contributed by atoms with Gasteiger partial charge < -0.3 is 20.4 Å². The normalized spacial score (nSPS) is 16.2. The Balaban J connectivity index is 0.00000320. The van der Waals surface area contributed by atoms with Gasteiger partial charge in [-0.3, -0.25) is 0 Å². The lowest BCUT2D eigenvalue weighted by molar-refractivity contribution is 0.649. The third-order valence-corrected chi connectivity index (χ3v) is 5.31. The van der Waals surface area contributed by atoms with Crippen molar-refractivity contribution in [1.29, 1.82) is 0 Å². The molecular formula is C23H35IN6. The van der Waals surface area contributed by atoms with E-state index in [-0.39, 0.29) is 24.0 Å². The van der Waals surface area contributed by atoms with Gasteiger partial charge in [-0.05, 0) is 51.0 Å². The molecule has 0 radical (unpaired) electrons. The van der Waals surface area contributed by atoms with E-state index in [1.165, 1.54) is 5.69 Å². The molecule has 0 bridgehead atoms. The number of anilines is 2. The van der Waals surface area contributed by atoms with Gasteiger partial charge in [-0.1, -0.05) is 24.3 Å². The lowest BCUT2D eigenvalue weighted by Gasteiger charge is -2.20. The Labute approximate surface area is 198 Å². The van der Waals surface area contributed by atoms with Crippen LogP contribution in [0.25, 0.3) is 0 Å². The smallest absolute Gasteiger partial charge is 0.191 e. The van der Waals surface area contributed by atoms with Crippen molar-refractivity contribution in [3.8, 4) is 0 Å². The number of para-hydroxylation sites is 1. The Bertz CT molecular complexity index is 761. The van der Waals surface area contributed by atoms with E-state index in [0.29, 0.717) is 12.6 Å². The molecule has 2 aromatic rings. The molecule has 2 N–H and O–H groups in total. The molecule has 3 rings (SSSR count). The molecule has 1 aromatic carbocycles. The number of nitrogens with one attached hydrogen (secondary N) is 2. The molecule has 1 atom stereocenters. The maximum Gasteiger partial charge on any atom is 0.191 e. The van der Waals surface area contributed by atoms with E-state index in [0.717, 1.165) is 56.5 Å². The zero-order valence-electron chi connectivity index (χ0n) is 18.3. The monoisotopic (exact) mass is 522 g/mol. The summed E-state index contributed by atoms with van der Waals surface area (Å²) in [6, 6.07) is 15.2. The van der Waals surface area contributed by atoms with Crippen LogP contribution >= 0.6 is 24.0 Å². The number of rotatable bonds is 8. The van der Waals surface area contributed by atoms with Gasteiger partial charge in [-0.15, -0.1) is 24.0 Å². The van der Waals surface area contributed by atoms with Gasteiger partial charge in [0, 0.05) is 50.6 Å². The first-order valence-corrected chi connectivity index (χ1v) is 10.8. The number of benzene rings is 1. The fourth-order valence-corrected chi connectivity index (χ4v) is 3.68. The molecule has 0 amide bonds. The van der Waals surface area contributed by atoms with Crippen molar-refractivity contribution in [3.05, 3.63) is 54.2 Å². The van der Waals surface area contributed by atoms with E-state index in [1.54, 1.807) is 0 Å². The minimum Gasteiger partial charge on any atom is -0.369 e.